The van der Waals surface area contributed by atoms with Gasteiger partial charge in [-0.15, -0.1) is 0 Å². The predicted molar refractivity (Wildman–Crippen MR) is 112 cm³/mol. The second-order valence-electron chi connectivity index (χ2n) is 8.22. The van der Waals surface area contributed by atoms with Gasteiger partial charge in [-0.3, -0.25) is 0 Å². The van der Waals surface area contributed by atoms with Crippen LogP contribution in [0.3, 0.4) is 0 Å². The van der Waals surface area contributed by atoms with Gasteiger partial charge in [-0.1, -0.05) is 33.3 Å². The maximum atomic E-state index is 11.3. The average Bonchev–Trinajstić information content (AvgIpc) is 2.92. The van der Waals surface area contributed by atoms with Crippen LogP contribution in [0.15, 0.2) is 24.3 Å². The molecule has 1 heterocycles. The number of carbonyl (C=O) groups is 1. The zero-order valence-corrected chi connectivity index (χ0v) is 17.6. The van der Waals surface area contributed by atoms with Crippen LogP contribution in [0.1, 0.15) is 45.0 Å². The van der Waals surface area contributed by atoms with Crippen LogP contribution in [0, 0.1) is 5.41 Å². The minimum Gasteiger partial charge on any atom is -0.466 e. The number of carbonyl (C=O) groups excluding carboxylic acids is 1. The molecule has 0 spiro atoms. The summed E-state index contributed by atoms with van der Waals surface area (Å²) in [6.07, 6.45) is 6.48. The molecule has 0 aliphatic rings. The van der Waals surface area contributed by atoms with E-state index in [1.54, 1.807) is 6.08 Å². The minimum absolute atomic E-state index is 0.140. The third-order valence-corrected chi connectivity index (χ3v) is 4.55. The molecule has 0 atom stereocenters. The number of imidazole rings is 1. The van der Waals surface area contributed by atoms with Gasteiger partial charge in [0.15, 0.2) is 0 Å². The first-order valence-electron chi connectivity index (χ1n) is 9.65. The third kappa shape index (κ3) is 5.93. The number of nitrogens with zero attached hydrogens (tertiary/aromatic N) is 3. The maximum absolute atomic E-state index is 11.3. The van der Waals surface area contributed by atoms with Gasteiger partial charge in [0, 0.05) is 25.6 Å². The van der Waals surface area contributed by atoms with Crippen molar-refractivity contribution in [3.8, 4) is 0 Å². The lowest BCUT2D eigenvalue weighted by molar-refractivity contribution is -0.134. The minimum atomic E-state index is -0.352. The van der Waals surface area contributed by atoms with Gasteiger partial charge in [0.25, 0.3) is 0 Å². The van der Waals surface area contributed by atoms with Gasteiger partial charge in [0.1, 0.15) is 5.82 Å². The first kappa shape index (κ1) is 21.2. The molecule has 2 aromatic rings. The number of methoxy groups -OCH3 is 1. The second kappa shape index (κ2) is 9.18. The van der Waals surface area contributed by atoms with Crippen LogP contribution in [0.2, 0.25) is 0 Å². The molecule has 0 fully saturated rings. The van der Waals surface area contributed by atoms with Crippen molar-refractivity contribution >= 4 is 23.1 Å². The van der Waals surface area contributed by atoms with Crippen molar-refractivity contribution in [2.75, 3.05) is 27.7 Å². The second-order valence-corrected chi connectivity index (χ2v) is 8.22. The van der Waals surface area contributed by atoms with Crippen molar-refractivity contribution in [3.63, 3.8) is 0 Å². The van der Waals surface area contributed by atoms with Crippen LogP contribution >= 0.6 is 0 Å². The fourth-order valence-corrected chi connectivity index (χ4v) is 3.57. The van der Waals surface area contributed by atoms with E-state index in [4.69, 9.17) is 4.98 Å². The Morgan fingerprint density at radius 1 is 1.33 bits per heavy atom. The number of aromatic nitrogens is 2. The number of rotatable bonds is 9. The fraction of sp³-hybridized carbons (Fsp3) is 0.545. The molecule has 0 unspecified atom stereocenters. The summed E-state index contributed by atoms with van der Waals surface area (Å²) in [6, 6.07) is 6.18. The van der Waals surface area contributed by atoms with Gasteiger partial charge in [0.05, 0.1) is 18.1 Å². The quantitative estimate of drug-likeness (QED) is 0.491. The molecule has 0 aliphatic carbocycles. The van der Waals surface area contributed by atoms with E-state index in [1.165, 1.54) is 13.2 Å². The number of fused-ring (bicyclic) bond motifs is 1. The Hall–Kier alpha value is -2.14. The lowest BCUT2D eigenvalue weighted by atomic mass is 9.92. The van der Waals surface area contributed by atoms with Crippen molar-refractivity contribution < 1.29 is 9.53 Å². The molecular weight excluding hydrogens is 338 g/mol. The largest absolute Gasteiger partial charge is 0.466 e. The lowest BCUT2D eigenvalue weighted by Gasteiger charge is -2.29. The summed E-state index contributed by atoms with van der Waals surface area (Å²) in [5, 5.41) is 0. The topological polar surface area (TPSA) is 47.4 Å². The molecule has 5 nitrogen and oxygen atoms in total. The highest BCUT2D eigenvalue weighted by Crippen LogP contribution is 2.26. The standard InChI is InChI=1S/C22H33N3O2/c1-7-8-9-20-23-18-14-17(11-13-21(26)27-6)10-12-19(18)25(20)16-22(2,3)15-24(4)5/h10-14H,7-9,15-16H2,1-6H3/b13-11+. The Labute approximate surface area is 163 Å². The van der Waals surface area contributed by atoms with Crippen molar-refractivity contribution in [1.29, 1.82) is 0 Å². The Balaban J connectivity index is 2.40. The van der Waals surface area contributed by atoms with Crippen LogP contribution in [0.5, 0.6) is 0 Å². The van der Waals surface area contributed by atoms with Crippen LogP contribution in [0.25, 0.3) is 17.1 Å². The number of benzene rings is 1. The Morgan fingerprint density at radius 2 is 2.07 bits per heavy atom. The Morgan fingerprint density at radius 3 is 2.70 bits per heavy atom. The van der Waals surface area contributed by atoms with Crippen LogP contribution in [0.4, 0.5) is 0 Å². The van der Waals surface area contributed by atoms with Crippen molar-refractivity contribution in [1.82, 2.24) is 14.5 Å². The highest BCUT2D eigenvalue weighted by molar-refractivity contribution is 5.88. The Bertz CT molecular complexity index is 803. The highest BCUT2D eigenvalue weighted by atomic mass is 16.5. The number of hydrogen-bond acceptors (Lipinski definition) is 4. The molecule has 5 heteroatoms. The summed E-state index contributed by atoms with van der Waals surface area (Å²) >= 11 is 0. The Kier molecular flexibility index (Phi) is 7.19. The van der Waals surface area contributed by atoms with E-state index in [9.17, 15) is 4.79 Å². The number of unbranched alkanes of at least 4 members (excludes halogenated alkanes) is 1. The molecular formula is C22H33N3O2. The molecule has 1 aromatic heterocycles. The molecule has 1 aromatic carbocycles. The summed E-state index contributed by atoms with van der Waals surface area (Å²) in [5.41, 5.74) is 3.23. The van der Waals surface area contributed by atoms with Crippen LogP contribution in [-0.4, -0.2) is 48.2 Å². The van der Waals surface area contributed by atoms with Crippen LogP contribution < -0.4 is 0 Å². The van der Waals surface area contributed by atoms with E-state index in [0.717, 1.165) is 54.8 Å². The van der Waals surface area contributed by atoms with E-state index < -0.39 is 0 Å². The molecule has 0 amide bonds. The predicted octanol–water partition coefficient (Wildman–Crippen LogP) is 4.15. The molecule has 27 heavy (non-hydrogen) atoms. The van der Waals surface area contributed by atoms with Gasteiger partial charge in [0.2, 0.25) is 0 Å². The SMILES string of the molecule is CCCCc1nc2cc(/C=C/C(=O)OC)ccc2n1CC(C)(C)CN(C)C. The molecule has 148 valence electrons. The van der Waals surface area contributed by atoms with Crippen LogP contribution in [-0.2, 0) is 22.5 Å². The normalized spacial score (nSPS) is 12.4. The van der Waals surface area contributed by atoms with Gasteiger partial charge < -0.3 is 14.2 Å². The summed E-state index contributed by atoms with van der Waals surface area (Å²) < 4.78 is 7.04. The summed E-state index contributed by atoms with van der Waals surface area (Å²) in [4.78, 5) is 18.5. The van der Waals surface area contributed by atoms with E-state index in [1.807, 2.05) is 12.1 Å². The highest BCUT2D eigenvalue weighted by Gasteiger charge is 2.23. The third-order valence-electron chi connectivity index (χ3n) is 4.55. The molecule has 2 rings (SSSR count). The fourth-order valence-electron chi connectivity index (χ4n) is 3.57. The first-order chi connectivity index (χ1) is 12.8. The number of esters is 1. The summed E-state index contributed by atoms with van der Waals surface area (Å²) in [5.74, 6) is 0.794. The van der Waals surface area contributed by atoms with Gasteiger partial charge in [-0.2, -0.15) is 0 Å². The maximum Gasteiger partial charge on any atom is 0.330 e. The van der Waals surface area contributed by atoms with Crippen molar-refractivity contribution in [2.24, 2.45) is 5.41 Å². The van der Waals surface area contributed by atoms with Crippen molar-refractivity contribution in [2.45, 2.75) is 46.6 Å². The average molecular weight is 372 g/mol. The monoisotopic (exact) mass is 371 g/mol. The first-order valence-corrected chi connectivity index (χ1v) is 9.65. The smallest absolute Gasteiger partial charge is 0.330 e. The van der Waals surface area contributed by atoms with E-state index >= 15 is 0 Å². The number of ether oxygens (including phenoxy) is 1. The zero-order chi connectivity index (χ0) is 20.0. The van der Waals surface area contributed by atoms with Gasteiger partial charge in [-0.05, 0) is 49.7 Å². The van der Waals surface area contributed by atoms with Gasteiger partial charge in [-0.25, -0.2) is 9.78 Å². The molecule has 0 saturated heterocycles. The summed E-state index contributed by atoms with van der Waals surface area (Å²) in [7, 11) is 5.62. The number of aryl methyl sites for hydroxylation is 1. The zero-order valence-electron chi connectivity index (χ0n) is 17.6. The lowest BCUT2D eigenvalue weighted by Crippen LogP contribution is -2.32. The molecule has 0 radical (unpaired) electrons. The molecule has 0 N–H and O–H groups in total. The van der Waals surface area contributed by atoms with E-state index in [0.29, 0.717) is 0 Å². The number of hydrogen-bond donors (Lipinski definition) is 0. The molecule has 0 aliphatic heterocycles. The summed E-state index contributed by atoms with van der Waals surface area (Å²) in [6.45, 7) is 8.75. The van der Waals surface area contributed by atoms with Crippen molar-refractivity contribution in [3.05, 3.63) is 35.7 Å². The van der Waals surface area contributed by atoms with E-state index in [-0.39, 0.29) is 11.4 Å². The molecule has 0 saturated carbocycles. The van der Waals surface area contributed by atoms with E-state index in [2.05, 4.69) is 55.1 Å². The molecule has 0 bridgehead atoms. The van der Waals surface area contributed by atoms with Gasteiger partial charge >= 0.3 is 5.97 Å².